The van der Waals surface area contributed by atoms with Crippen LogP contribution in [0.25, 0.3) is 10.9 Å². The molecule has 0 N–H and O–H groups in total. The number of hydrogen-bond acceptors (Lipinski definition) is 2. The van der Waals surface area contributed by atoms with Gasteiger partial charge in [0.2, 0.25) is 0 Å². The average Bonchev–Trinajstić information content (AvgIpc) is 2.83. The van der Waals surface area contributed by atoms with Crippen LogP contribution in [-0.4, -0.2) is 16.9 Å². The van der Waals surface area contributed by atoms with Crippen molar-refractivity contribution in [2.24, 2.45) is 0 Å². The molecule has 0 amide bonds. The summed E-state index contributed by atoms with van der Waals surface area (Å²) in [7, 11) is 1.68. The largest absolute Gasteiger partial charge is 0.497 e. The molecule has 0 atom stereocenters. The molecule has 0 spiro atoms. The number of nitrogens with zero attached hydrogens (tertiary/aromatic N) is 2. The monoisotopic (exact) mass is 238 g/mol. The van der Waals surface area contributed by atoms with E-state index in [2.05, 4.69) is 23.3 Å². The topological polar surface area (TPSA) is 27.1 Å². The van der Waals surface area contributed by atoms with Crippen LogP contribution in [0.2, 0.25) is 0 Å². The number of fused-ring (bicyclic) bond motifs is 1. The Balaban J connectivity index is 1.96. The second kappa shape index (κ2) is 4.53. The predicted octanol–water partition coefficient (Wildman–Crippen LogP) is 3.09. The fourth-order valence-corrected chi connectivity index (χ4v) is 2.10. The minimum atomic E-state index is 0.755. The summed E-state index contributed by atoms with van der Waals surface area (Å²) in [5, 5.41) is 5.59. The van der Waals surface area contributed by atoms with Gasteiger partial charge in [-0.05, 0) is 23.8 Å². The van der Waals surface area contributed by atoms with Crippen molar-refractivity contribution in [3.05, 3.63) is 60.3 Å². The number of benzene rings is 2. The second-order valence-corrected chi connectivity index (χ2v) is 4.21. The van der Waals surface area contributed by atoms with Crippen LogP contribution in [0.5, 0.6) is 5.75 Å². The summed E-state index contributed by atoms with van der Waals surface area (Å²) >= 11 is 0. The Labute approximate surface area is 106 Å². The third-order valence-corrected chi connectivity index (χ3v) is 3.02. The summed E-state index contributed by atoms with van der Waals surface area (Å²) in [6.07, 6.45) is 1.90. The Hall–Kier alpha value is -2.29. The van der Waals surface area contributed by atoms with E-state index in [0.29, 0.717) is 0 Å². The summed E-state index contributed by atoms with van der Waals surface area (Å²) in [5.41, 5.74) is 2.34. The van der Waals surface area contributed by atoms with Crippen molar-refractivity contribution in [1.29, 1.82) is 0 Å². The fourth-order valence-electron chi connectivity index (χ4n) is 2.10. The van der Waals surface area contributed by atoms with E-state index >= 15 is 0 Å². The summed E-state index contributed by atoms with van der Waals surface area (Å²) < 4.78 is 7.24. The van der Waals surface area contributed by atoms with Crippen LogP contribution in [0.1, 0.15) is 5.56 Å². The second-order valence-electron chi connectivity index (χ2n) is 4.21. The van der Waals surface area contributed by atoms with Crippen LogP contribution >= 0.6 is 0 Å². The number of methoxy groups -OCH3 is 1. The molecule has 3 aromatic rings. The van der Waals surface area contributed by atoms with Gasteiger partial charge in [-0.25, -0.2) is 0 Å². The highest BCUT2D eigenvalue weighted by Crippen LogP contribution is 2.17. The molecule has 0 bridgehead atoms. The van der Waals surface area contributed by atoms with E-state index in [-0.39, 0.29) is 0 Å². The fraction of sp³-hybridized carbons (Fsp3) is 0.133. The van der Waals surface area contributed by atoms with Gasteiger partial charge in [0.25, 0.3) is 0 Å². The van der Waals surface area contributed by atoms with Gasteiger partial charge in [0.05, 0.1) is 25.4 Å². The SMILES string of the molecule is COc1cccc(Cn2ncc3ccccc32)c1. The van der Waals surface area contributed by atoms with Crippen molar-refractivity contribution >= 4 is 10.9 Å². The lowest BCUT2D eigenvalue weighted by Crippen LogP contribution is -2.01. The average molecular weight is 238 g/mol. The van der Waals surface area contributed by atoms with E-state index < -0.39 is 0 Å². The molecular weight excluding hydrogens is 224 g/mol. The lowest BCUT2D eigenvalue weighted by molar-refractivity contribution is 0.414. The quantitative estimate of drug-likeness (QED) is 0.701. The molecule has 0 saturated heterocycles. The molecule has 0 aliphatic carbocycles. The summed E-state index contributed by atoms with van der Waals surface area (Å²) in [6, 6.07) is 16.3. The predicted molar refractivity (Wildman–Crippen MR) is 71.8 cm³/mol. The molecule has 1 aromatic heterocycles. The molecule has 0 unspecified atom stereocenters. The molecule has 3 rings (SSSR count). The van der Waals surface area contributed by atoms with E-state index in [9.17, 15) is 0 Å². The summed E-state index contributed by atoms with van der Waals surface area (Å²) in [5.74, 6) is 0.879. The van der Waals surface area contributed by atoms with E-state index in [1.807, 2.05) is 41.2 Å². The van der Waals surface area contributed by atoms with E-state index in [4.69, 9.17) is 4.74 Å². The molecule has 90 valence electrons. The normalized spacial score (nSPS) is 10.7. The molecule has 0 radical (unpaired) electrons. The molecule has 1 heterocycles. The molecule has 0 aliphatic heterocycles. The van der Waals surface area contributed by atoms with Crippen molar-refractivity contribution in [3.8, 4) is 5.75 Å². The van der Waals surface area contributed by atoms with Gasteiger partial charge in [0.15, 0.2) is 0 Å². The van der Waals surface area contributed by atoms with Gasteiger partial charge in [0, 0.05) is 5.39 Å². The van der Waals surface area contributed by atoms with Crippen LogP contribution in [-0.2, 0) is 6.54 Å². The Kier molecular flexibility index (Phi) is 2.73. The van der Waals surface area contributed by atoms with Gasteiger partial charge in [-0.3, -0.25) is 4.68 Å². The lowest BCUT2D eigenvalue weighted by atomic mass is 10.2. The Morgan fingerprint density at radius 3 is 2.89 bits per heavy atom. The minimum Gasteiger partial charge on any atom is -0.497 e. The maximum Gasteiger partial charge on any atom is 0.119 e. The third-order valence-electron chi connectivity index (χ3n) is 3.02. The van der Waals surface area contributed by atoms with Crippen molar-refractivity contribution in [2.45, 2.75) is 6.54 Å². The van der Waals surface area contributed by atoms with E-state index in [0.717, 1.165) is 17.8 Å². The molecule has 0 aliphatic rings. The molecule has 3 heteroatoms. The highest BCUT2D eigenvalue weighted by atomic mass is 16.5. The summed E-state index contributed by atoms with van der Waals surface area (Å²) in [6.45, 7) is 0.755. The first-order chi connectivity index (χ1) is 8.86. The molecule has 2 aromatic carbocycles. The van der Waals surface area contributed by atoms with Gasteiger partial charge in [-0.1, -0.05) is 30.3 Å². The Morgan fingerprint density at radius 2 is 2.00 bits per heavy atom. The van der Waals surface area contributed by atoms with Crippen LogP contribution in [0.3, 0.4) is 0 Å². The van der Waals surface area contributed by atoms with Gasteiger partial charge in [-0.15, -0.1) is 0 Å². The van der Waals surface area contributed by atoms with E-state index in [1.54, 1.807) is 7.11 Å². The molecule has 0 fully saturated rings. The highest BCUT2D eigenvalue weighted by Gasteiger charge is 2.03. The Morgan fingerprint density at radius 1 is 1.11 bits per heavy atom. The standard InChI is InChI=1S/C15H14N2O/c1-18-14-7-4-5-12(9-14)11-17-15-8-3-2-6-13(15)10-16-17/h2-10H,11H2,1H3. The minimum absolute atomic E-state index is 0.755. The number of aromatic nitrogens is 2. The molecule has 18 heavy (non-hydrogen) atoms. The first-order valence-corrected chi connectivity index (χ1v) is 5.90. The number of hydrogen-bond donors (Lipinski definition) is 0. The van der Waals surface area contributed by atoms with E-state index in [1.165, 1.54) is 10.9 Å². The summed E-state index contributed by atoms with van der Waals surface area (Å²) in [4.78, 5) is 0. The van der Waals surface area contributed by atoms with Gasteiger partial charge in [0.1, 0.15) is 5.75 Å². The smallest absolute Gasteiger partial charge is 0.119 e. The Bertz CT molecular complexity index is 673. The lowest BCUT2D eigenvalue weighted by Gasteiger charge is -2.06. The maximum absolute atomic E-state index is 5.23. The first kappa shape index (κ1) is 10.8. The van der Waals surface area contributed by atoms with Crippen LogP contribution in [0, 0.1) is 0 Å². The number of ether oxygens (including phenoxy) is 1. The zero-order valence-electron chi connectivity index (χ0n) is 10.2. The first-order valence-electron chi connectivity index (χ1n) is 5.90. The van der Waals surface area contributed by atoms with Crippen LogP contribution < -0.4 is 4.74 Å². The van der Waals surface area contributed by atoms with Crippen molar-refractivity contribution in [1.82, 2.24) is 9.78 Å². The molecule has 3 nitrogen and oxygen atoms in total. The van der Waals surface area contributed by atoms with Gasteiger partial charge >= 0.3 is 0 Å². The van der Waals surface area contributed by atoms with Crippen molar-refractivity contribution in [2.75, 3.05) is 7.11 Å². The number of para-hydroxylation sites is 1. The van der Waals surface area contributed by atoms with Crippen molar-refractivity contribution < 1.29 is 4.74 Å². The maximum atomic E-state index is 5.23. The van der Waals surface area contributed by atoms with Gasteiger partial charge < -0.3 is 4.74 Å². The zero-order chi connectivity index (χ0) is 12.4. The van der Waals surface area contributed by atoms with Crippen molar-refractivity contribution in [3.63, 3.8) is 0 Å². The van der Waals surface area contributed by atoms with Crippen LogP contribution in [0.4, 0.5) is 0 Å². The third kappa shape index (κ3) is 1.95. The highest BCUT2D eigenvalue weighted by molar-refractivity contribution is 5.78. The number of rotatable bonds is 3. The molecule has 0 saturated carbocycles. The zero-order valence-corrected chi connectivity index (χ0v) is 10.2. The molecular formula is C15H14N2O. The van der Waals surface area contributed by atoms with Gasteiger partial charge in [-0.2, -0.15) is 5.10 Å². The van der Waals surface area contributed by atoms with Crippen LogP contribution in [0.15, 0.2) is 54.7 Å².